The lowest BCUT2D eigenvalue weighted by atomic mass is 9.92. The highest BCUT2D eigenvalue weighted by Crippen LogP contribution is 2.20. The first-order valence-corrected chi connectivity index (χ1v) is 6.80. The highest BCUT2D eigenvalue weighted by Gasteiger charge is 2.34. The summed E-state index contributed by atoms with van der Waals surface area (Å²) in [4.78, 5) is 25.5. The first-order chi connectivity index (χ1) is 9.41. The van der Waals surface area contributed by atoms with Gasteiger partial charge in [0.15, 0.2) is 0 Å². The van der Waals surface area contributed by atoms with Gasteiger partial charge >= 0.3 is 0 Å². The van der Waals surface area contributed by atoms with E-state index in [1.165, 1.54) is 4.90 Å². The summed E-state index contributed by atoms with van der Waals surface area (Å²) < 4.78 is 0. The first-order valence-electron chi connectivity index (χ1n) is 6.80. The predicted octanol–water partition coefficient (Wildman–Crippen LogP) is 1.02. The number of nitrogens with two attached hydrogens (primary N) is 1. The molecule has 5 nitrogen and oxygen atoms in total. The van der Waals surface area contributed by atoms with Crippen LogP contribution in [0.5, 0.6) is 0 Å². The van der Waals surface area contributed by atoms with Crippen LogP contribution in [0.1, 0.15) is 25.3 Å². The average Bonchev–Trinajstić information content (AvgIpc) is 3.22. The maximum Gasteiger partial charge on any atom is 0.247 e. The third kappa shape index (κ3) is 4.44. The number of carbonyl (C=O) groups excluding carboxylic acids is 2. The van der Waals surface area contributed by atoms with Crippen molar-refractivity contribution in [2.45, 2.75) is 31.3 Å². The summed E-state index contributed by atoms with van der Waals surface area (Å²) in [6.07, 6.45) is 2.06. The van der Waals surface area contributed by atoms with E-state index >= 15 is 0 Å². The second kappa shape index (κ2) is 6.91. The molecule has 1 atom stereocenters. The van der Waals surface area contributed by atoms with Gasteiger partial charge in [-0.2, -0.15) is 0 Å². The summed E-state index contributed by atoms with van der Waals surface area (Å²) in [6.45, 7) is 1.70. The van der Waals surface area contributed by atoms with Crippen LogP contribution < -0.4 is 11.1 Å². The molecule has 1 fully saturated rings. The Hall–Kier alpha value is -1.59. The number of halogens is 1. The maximum atomic E-state index is 12.4. The van der Waals surface area contributed by atoms with Gasteiger partial charge in [0, 0.05) is 13.1 Å². The van der Waals surface area contributed by atoms with Crippen molar-refractivity contribution >= 4 is 24.2 Å². The highest BCUT2D eigenvalue weighted by atomic mass is 35.5. The quantitative estimate of drug-likeness (QED) is 0.852. The fourth-order valence-electron chi connectivity index (χ4n) is 2.09. The molecule has 0 saturated heterocycles. The number of hydrogen-bond acceptors (Lipinski definition) is 3. The zero-order chi connectivity index (χ0) is 14.8. The Bertz CT molecular complexity index is 501. The lowest BCUT2D eigenvalue weighted by Crippen LogP contribution is -2.51. The van der Waals surface area contributed by atoms with Crippen LogP contribution in [0.3, 0.4) is 0 Å². The standard InChI is InChI=1S/C15H21N3O2.ClH/c1-15(16,11-6-4-3-5-7-11)14(20)18(2)10-13(19)17-12-8-9-12;/h3-7,12H,8-10,16H2,1-2H3,(H,17,19);1H. The van der Waals surface area contributed by atoms with Crippen molar-refractivity contribution in [1.82, 2.24) is 10.2 Å². The smallest absolute Gasteiger partial charge is 0.247 e. The van der Waals surface area contributed by atoms with Crippen LogP contribution in [0.4, 0.5) is 0 Å². The van der Waals surface area contributed by atoms with Crippen molar-refractivity contribution in [2.24, 2.45) is 5.73 Å². The number of benzene rings is 1. The molecule has 1 aromatic carbocycles. The predicted molar refractivity (Wildman–Crippen MR) is 84.0 cm³/mol. The van der Waals surface area contributed by atoms with Crippen molar-refractivity contribution in [2.75, 3.05) is 13.6 Å². The Morgan fingerprint density at radius 2 is 1.90 bits per heavy atom. The molecule has 1 saturated carbocycles. The van der Waals surface area contributed by atoms with Crippen molar-refractivity contribution in [3.8, 4) is 0 Å². The summed E-state index contributed by atoms with van der Waals surface area (Å²) in [7, 11) is 1.60. The van der Waals surface area contributed by atoms with E-state index in [9.17, 15) is 9.59 Å². The summed E-state index contributed by atoms with van der Waals surface area (Å²) in [5.74, 6) is -0.401. The molecule has 1 aliphatic carbocycles. The van der Waals surface area contributed by atoms with Crippen LogP contribution in [-0.4, -0.2) is 36.3 Å². The zero-order valence-corrected chi connectivity index (χ0v) is 13.2. The van der Waals surface area contributed by atoms with Gasteiger partial charge in [-0.05, 0) is 25.3 Å². The second-order valence-corrected chi connectivity index (χ2v) is 5.57. The molecule has 1 aliphatic rings. The monoisotopic (exact) mass is 311 g/mol. The Morgan fingerprint density at radius 1 is 1.33 bits per heavy atom. The molecule has 1 aromatic rings. The number of carbonyl (C=O) groups is 2. The molecule has 116 valence electrons. The van der Waals surface area contributed by atoms with E-state index in [4.69, 9.17) is 5.73 Å². The molecular formula is C15H22ClN3O2. The molecule has 0 radical (unpaired) electrons. The SMILES string of the molecule is CN(CC(=O)NC1CC1)C(=O)C(C)(N)c1ccccc1.Cl. The van der Waals surface area contributed by atoms with Crippen LogP contribution in [0, 0.1) is 0 Å². The number of amides is 2. The maximum absolute atomic E-state index is 12.4. The molecule has 0 spiro atoms. The average molecular weight is 312 g/mol. The van der Waals surface area contributed by atoms with Gasteiger partial charge in [0.25, 0.3) is 0 Å². The summed E-state index contributed by atoms with van der Waals surface area (Å²) in [5, 5.41) is 2.86. The van der Waals surface area contributed by atoms with Crippen LogP contribution >= 0.6 is 12.4 Å². The molecule has 0 aromatic heterocycles. The molecular weight excluding hydrogens is 290 g/mol. The minimum Gasteiger partial charge on any atom is -0.352 e. The molecule has 21 heavy (non-hydrogen) atoms. The fraction of sp³-hybridized carbons (Fsp3) is 0.467. The number of nitrogens with zero attached hydrogens (tertiary/aromatic N) is 1. The Morgan fingerprint density at radius 3 is 2.43 bits per heavy atom. The van der Waals surface area contributed by atoms with Crippen LogP contribution in [-0.2, 0) is 15.1 Å². The molecule has 0 aliphatic heterocycles. The Labute approximate surface area is 131 Å². The van der Waals surface area contributed by atoms with E-state index in [1.54, 1.807) is 14.0 Å². The minimum absolute atomic E-state index is 0. The molecule has 0 heterocycles. The van der Waals surface area contributed by atoms with E-state index in [2.05, 4.69) is 5.32 Å². The number of likely N-dealkylation sites (N-methyl/N-ethyl adjacent to an activating group) is 1. The highest BCUT2D eigenvalue weighted by molar-refractivity contribution is 5.90. The Balaban J connectivity index is 0.00000220. The van der Waals surface area contributed by atoms with Gasteiger partial charge in [-0.25, -0.2) is 0 Å². The van der Waals surface area contributed by atoms with Crippen LogP contribution in [0.25, 0.3) is 0 Å². The van der Waals surface area contributed by atoms with Gasteiger partial charge in [0.05, 0.1) is 6.54 Å². The summed E-state index contributed by atoms with van der Waals surface area (Å²) in [6, 6.07) is 9.48. The van der Waals surface area contributed by atoms with E-state index in [1.807, 2.05) is 30.3 Å². The number of rotatable bonds is 5. The molecule has 2 rings (SSSR count). The lowest BCUT2D eigenvalue weighted by Gasteiger charge is -2.29. The van der Waals surface area contributed by atoms with Gasteiger partial charge in [-0.3, -0.25) is 9.59 Å². The van der Waals surface area contributed by atoms with Gasteiger partial charge in [0.1, 0.15) is 5.54 Å². The lowest BCUT2D eigenvalue weighted by molar-refractivity contribution is -0.139. The minimum atomic E-state index is -1.13. The van der Waals surface area contributed by atoms with E-state index in [0.717, 1.165) is 18.4 Å². The van der Waals surface area contributed by atoms with Crippen LogP contribution in [0.15, 0.2) is 30.3 Å². The van der Waals surface area contributed by atoms with Gasteiger partial charge in [-0.1, -0.05) is 30.3 Å². The number of hydrogen-bond donors (Lipinski definition) is 2. The number of nitrogens with one attached hydrogen (secondary N) is 1. The van der Waals surface area contributed by atoms with E-state index < -0.39 is 5.54 Å². The third-order valence-corrected chi connectivity index (χ3v) is 3.49. The second-order valence-electron chi connectivity index (χ2n) is 5.57. The van der Waals surface area contributed by atoms with Crippen molar-refractivity contribution in [3.05, 3.63) is 35.9 Å². The summed E-state index contributed by atoms with van der Waals surface area (Å²) >= 11 is 0. The van der Waals surface area contributed by atoms with Gasteiger partial charge < -0.3 is 16.0 Å². The fourth-order valence-corrected chi connectivity index (χ4v) is 2.09. The normalized spacial score (nSPS) is 16.3. The van der Waals surface area contributed by atoms with Crippen LogP contribution in [0.2, 0.25) is 0 Å². The summed E-state index contributed by atoms with van der Waals surface area (Å²) in [5.41, 5.74) is 5.76. The topological polar surface area (TPSA) is 75.4 Å². The Kier molecular flexibility index (Phi) is 5.75. The van der Waals surface area contributed by atoms with Gasteiger partial charge in [0.2, 0.25) is 11.8 Å². The molecule has 2 amide bonds. The zero-order valence-electron chi connectivity index (χ0n) is 12.3. The van der Waals surface area contributed by atoms with Crippen molar-refractivity contribution in [3.63, 3.8) is 0 Å². The van der Waals surface area contributed by atoms with Gasteiger partial charge in [-0.15, -0.1) is 12.4 Å². The molecule has 0 bridgehead atoms. The van der Waals surface area contributed by atoms with E-state index in [0.29, 0.717) is 6.04 Å². The molecule has 1 unspecified atom stereocenters. The molecule has 6 heteroatoms. The third-order valence-electron chi connectivity index (χ3n) is 3.49. The molecule has 3 N–H and O–H groups in total. The van der Waals surface area contributed by atoms with Crippen molar-refractivity contribution in [1.29, 1.82) is 0 Å². The largest absolute Gasteiger partial charge is 0.352 e. The first kappa shape index (κ1) is 17.5. The van der Waals surface area contributed by atoms with E-state index in [-0.39, 0.29) is 30.8 Å². The van der Waals surface area contributed by atoms with Crippen molar-refractivity contribution < 1.29 is 9.59 Å².